The van der Waals surface area contributed by atoms with Crippen molar-refractivity contribution in [2.75, 3.05) is 19.6 Å². The number of carbonyl (C=O) groups excluding carboxylic acids is 1. The summed E-state index contributed by atoms with van der Waals surface area (Å²) in [5, 5.41) is 3.88. The van der Waals surface area contributed by atoms with Crippen molar-refractivity contribution in [3.05, 3.63) is 0 Å². The maximum absolute atomic E-state index is 12.2. The number of rotatable bonds is 3. The van der Waals surface area contributed by atoms with E-state index in [2.05, 4.69) is 26.1 Å². The molecule has 0 aromatic carbocycles. The monoisotopic (exact) mass is 336 g/mol. The highest BCUT2D eigenvalue weighted by Gasteiger charge is 2.61. The van der Waals surface area contributed by atoms with Gasteiger partial charge in [-0.05, 0) is 75.7 Å². The van der Waals surface area contributed by atoms with Crippen molar-refractivity contribution < 1.29 is 9.53 Å². The van der Waals surface area contributed by atoms with Crippen molar-refractivity contribution in [3.63, 3.8) is 0 Å². The van der Waals surface area contributed by atoms with Crippen LogP contribution >= 0.6 is 0 Å². The molecule has 0 aromatic rings. The Morgan fingerprint density at radius 3 is 2.50 bits per heavy atom. The molecule has 4 nitrogen and oxygen atoms in total. The van der Waals surface area contributed by atoms with Gasteiger partial charge in [0.15, 0.2) is 0 Å². The minimum Gasteiger partial charge on any atom is -0.444 e. The summed E-state index contributed by atoms with van der Waals surface area (Å²) in [6.07, 6.45) is 5.02. The third-order valence-corrected chi connectivity index (χ3v) is 7.38. The van der Waals surface area contributed by atoms with Crippen molar-refractivity contribution in [3.8, 4) is 0 Å². The average Bonchev–Trinajstić information content (AvgIpc) is 3.05. The molecule has 24 heavy (non-hydrogen) atoms. The van der Waals surface area contributed by atoms with Gasteiger partial charge in [-0.15, -0.1) is 0 Å². The van der Waals surface area contributed by atoms with Gasteiger partial charge in [0.25, 0.3) is 0 Å². The zero-order valence-electron chi connectivity index (χ0n) is 16.4. The van der Waals surface area contributed by atoms with Gasteiger partial charge in [-0.1, -0.05) is 20.8 Å². The molecule has 0 spiro atoms. The van der Waals surface area contributed by atoms with E-state index in [1.54, 1.807) is 0 Å². The van der Waals surface area contributed by atoms with Crippen molar-refractivity contribution in [1.29, 1.82) is 0 Å². The normalized spacial score (nSPS) is 37.9. The minimum absolute atomic E-state index is 0.155. The predicted octanol–water partition coefficient (Wildman–Crippen LogP) is 4.05. The van der Waals surface area contributed by atoms with Crippen LogP contribution in [0.1, 0.15) is 67.2 Å². The standard InChI is InChI=1S/C20H36N2O2/c1-18(2,3)24-17(23)22-10-8-14(13-22)12-21-16-11-15-7-9-20(16,6)19(15,4)5/h14-16,21H,7-13H2,1-6H3. The highest BCUT2D eigenvalue weighted by Crippen LogP contribution is 2.65. The lowest BCUT2D eigenvalue weighted by Crippen LogP contribution is -2.46. The minimum atomic E-state index is -0.406. The maximum Gasteiger partial charge on any atom is 0.410 e. The van der Waals surface area contributed by atoms with E-state index in [0.29, 0.717) is 22.8 Å². The first kappa shape index (κ1) is 18.0. The summed E-state index contributed by atoms with van der Waals surface area (Å²) >= 11 is 0. The van der Waals surface area contributed by atoms with Gasteiger partial charge in [0.2, 0.25) is 0 Å². The molecule has 3 fully saturated rings. The van der Waals surface area contributed by atoms with Crippen LogP contribution in [0.3, 0.4) is 0 Å². The molecule has 1 N–H and O–H groups in total. The van der Waals surface area contributed by atoms with E-state index in [9.17, 15) is 4.79 Å². The summed E-state index contributed by atoms with van der Waals surface area (Å²) in [6.45, 7) is 15.9. The van der Waals surface area contributed by atoms with Crippen LogP contribution in [0.4, 0.5) is 4.79 Å². The molecule has 138 valence electrons. The van der Waals surface area contributed by atoms with Crippen molar-refractivity contribution in [2.24, 2.45) is 22.7 Å². The Morgan fingerprint density at radius 1 is 1.25 bits per heavy atom. The van der Waals surface area contributed by atoms with Gasteiger partial charge < -0.3 is 15.0 Å². The smallest absolute Gasteiger partial charge is 0.410 e. The highest BCUT2D eigenvalue weighted by atomic mass is 16.6. The number of likely N-dealkylation sites (tertiary alicyclic amines) is 1. The molecule has 2 bridgehead atoms. The molecule has 1 aliphatic heterocycles. The Hall–Kier alpha value is -0.770. The van der Waals surface area contributed by atoms with E-state index in [4.69, 9.17) is 4.74 Å². The number of hydrogen-bond donors (Lipinski definition) is 1. The Labute approximate surface area is 147 Å². The van der Waals surface area contributed by atoms with Crippen LogP contribution < -0.4 is 5.32 Å². The molecule has 4 unspecified atom stereocenters. The molecule has 3 rings (SSSR count). The van der Waals surface area contributed by atoms with Crippen LogP contribution in [0.25, 0.3) is 0 Å². The van der Waals surface area contributed by atoms with Gasteiger partial charge in [0.1, 0.15) is 5.60 Å². The van der Waals surface area contributed by atoms with E-state index >= 15 is 0 Å². The van der Waals surface area contributed by atoms with E-state index in [-0.39, 0.29) is 6.09 Å². The SMILES string of the molecule is CC(C)(C)OC(=O)N1CCC(CNC2CC3CCC2(C)C3(C)C)C1. The predicted molar refractivity (Wildman–Crippen MR) is 96.9 cm³/mol. The number of fused-ring (bicyclic) bond motifs is 2. The lowest BCUT2D eigenvalue weighted by Gasteiger charge is -2.40. The van der Waals surface area contributed by atoms with Crippen LogP contribution in [0.2, 0.25) is 0 Å². The quantitative estimate of drug-likeness (QED) is 0.845. The van der Waals surface area contributed by atoms with Gasteiger partial charge in [0.05, 0.1) is 0 Å². The Balaban J connectivity index is 1.48. The molecular formula is C20H36N2O2. The lowest BCUT2D eigenvalue weighted by molar-refractivity contribution is 0.0287. The summed E-state index contributed by atoms with van der Waals surface area (Å²) in [4.78, 5) is 14.1. The first-order chi connectivity index (χ1) is 11.0. The van der Waals surface area contributed by atoms with Crippen LogP contribution in [0.15, 0.2) is 0 Å². The number of nitrogens with one attached hydrogen (secondary N) is 1. The number of ether oxygens (including phenoxy) is 1. The van der Waals surface area contributed by atoms with Crippen LogP contribution in [-0.2, 0) is 4.74 Å². The van der Waals surface area contributed by atoms with Crippen LogP contribution in [-0.4, -0.2) is 42.3 Å². The molecule has 1 saturated heterocycles. The summed E-state index contributed by atoms with van der Waals surface area (Å²) in [5.41, 5.74) is 0.487. The molecule has 3 aliphatic rings. The summed E-state index contributed by atoms with van der Waals surface area (Å²) in [6, 6.07) is 0.641. The van der Waals surface area contributed by atoms with Crippen molar-refractivity contribution in [2.45, 2.75) is 78.9 Å². The highest BCUT2D eigenvalue weighted by molar-refractivity contribution is 5.68. The Morgan fingerprint density at radius 2 is 1.96 bits per heavy atom. The third-order valence-electron chi connectivity index (χ3n) is 7.38. The molecule has 4 heteroatoms. The Bertz CT molecular complexity index is 496. The van der Waals surface area contributed by atoms with Crippen LogP contribution in [0.5, 0.6) is 0 Å². The van der Waals surface area contributed by atoms with Gasteiger partial charge in [-0.25, -0.2) is 4.79 Å². The lowest BCUT2D eigenvalue weighted by atomic mass is 9.69. The van der Waals surface area contributed by atoms with E-state index in [1.165, 1.54) is 19.3 Å². The summed E-state index contributed by atoms with van der Waals surface area (Å²) in [7, 11) is 0. The number of amides is 1. The average molecular weight is 337 g/mol. The molecule has 0 radical (unpaired) electrons. The summed E-state index contributed by atoms with van der Waals surface area (Å²) in [5.74, 6) is 1.44. The zero-order chi connectivity index (χ0) is 17.8. The van der Waals surface area contributed by atoms with Gasteiger partial charge in [-0.2, -0.15) is 0 Å². The summed E-state index contributed by atoms with van der Waals surface area (Å²) < 4.78 is 5.50. The van der Waals surface area contributed by atoms with E-state index in [0.717, 1.165) is 32.0 Å². The molecule has 1 amide bonds. The van der Waals surface area contributed by atoms with Gasteiger partial charge >= 0.3 is 6.09 Å². The second-order valence-electron chi connectivity index (χ2n) is 10.2. The topological polar surface area (TPSA) is 41.6 Å². The molecule has 4 atom stereocenters. The number of nitrogens with zero attached hydrogens (tertiary/aromatic N) is 1. The molecule has 2 saturated carbocycles. The Kier molecular flexibility index (Phi) is 4.43. The molecular weight excluding hydrogens is 300 g/mol. The maximum atomic E-state index is 12.2. The largest absolute Gasteiger partial charge is 0.444 e. The number of hydrogen-bond acceptors (Lipinski definition) is 3. The second kappa shape index (κ2) is 5.89. The van der Waals surface area contributed by atoms with Gasteiger partial charge in [0, 0.05) is 19.1 Å². The zero-order valence-corrected chi connectivity index (χ0v) is 16.4. The van der Waals surface area contributed by atoms with Gasteiger partial charge in [-0.3, -0.25) is 0 Å². The van der Waals surface area contributed by atoms with Crippen molar-refractivity contribution in [1.82, 2.24) is 10.2 Å². The van der Waals surface area contributed by atoms with E-state index < -0.39 is 5.60 Å². The first-order valence-electron chi connectivity index (χ1n) is 9.74. The van der Waals surface area contributed by atoms with Crippen LogP contribution in [0, 0.1) is 22.7 Å². The van der Waals surface area contributed by atoms with E-state index in [1.807, 2.05) is 25.7 Å². The number of carbonyl (C=O) groups is 1. The fourth-order valence-electron chi connectivity index (χ4n) is 5.31. The van der Waals surface area contributed by atoms with Crippen molar-refractivity contribution >= 4 is 6.09 Å². The third kappa shape index (κ3) is 3.07. The second-order valence-corrected chi connectivity index (χ2v) is 10.2. The molecule has 2 aliphatic carbocycles. The molecule has 0 aromatic heterocycles. The fourth-order valence-corrected chi connectivity index (χ4v) is 5.31. The fraction of sp³-hybridized carbons (Fsp3) is 0.950. The molecule has 1 heterocycles. The first-order valence-corrected chi connectivity index (χ1v) is 9.74.